The lowest BCUT2D eigenvalue weighted by Gasteiger charge is -2.27. The van der Waals surface area contributed by atoms with Crippen LogP contribution in [0.3, 0.4) is 0 Å². The van der Waals surface area contributed by atoms with Gasteiger partial charge in [0.25, 0.3) is 5.91 Å². The van der Waals surface area contributed by atoms with Crippen LogP contribution in [0.2, 0.25) is 0 Å². The predicted molar refractivity (Wildman–Crippen MR) is 120 cm³/mol. The Bertz CT molecular complexity index is 1210. The highest BCUT2D eigenvalue weighted by atomic mass is 32.1. The van der Waals surface area contributed by atoms with Crippen molar-refractivity contribution in [2.75, 3.05) is 10.6 Å². The number of thiazole rings is 1. The van der Waals surface area contributed by atoms with E-state index in [0.717, 1.165) is 11.1 Å². The van der Waals surface area contributed by atoms with Crippen molar-refractivity contribution >= 4 is 34.0 Å². The molecule has 31 heavy (non-hydrogen) atoms. The van der Waals surface area contributed by atoms with Gasteiger partial charge in [-0.05, 0) is 36.4 Å². The van der Waals surface area contributed by atoms with Crippen molar-refractivity contribution in [3.63, 3.8) is 0 Å². The highest BCUT2D eigenvalue weighted by molar-refractivity contribution is 7.13. The van der Waals surface area contributed by atoms with E-state index in [4.69, 9.17) is 4.74 Å². The third-order valence-electron chi connectivity index (χ3n) is 5.01. The van der Waals surface area contributed by atoms with Gasteiger partial charge in [0.15, 0.2) is 5.13 Å². The fourth-order valence-electron chi connectivity index (χ4n) is 3.57. The van der Waals surface area contributed by atoms with E-state index in [2.05, 4.69) is 15.6 Å². The maximum Gasteiger partial charge on any atom is 0.257 e. The minimum Gasteiger partial charge on any atom is -0.457 e. The molecule has 1 aliphatic heterocycles. The number of anilines is 2. The normalized spacial score (nSPS) is 12.3. The summed E-state index contributed by atoms with van der Waals surface area (Å²) in [6.07, 6.45) is 1.63. The number of amides is 2. The number of carbonyl (C=O) groups is 2. The van der Waals surface area contributed by atoms with Crippen LogP contribution in [0.25, 0.3) is 0 Å². The molecule has 3 aromatic carbocycles. The summed E-state index contributed by atoms with van der Waals surface area (Å²) in [5.74, 6) is 0.448. The summed E-state index contributed by atoms with van der Waals surface area (Å²) < 4.78 is 5.96. The van der Waals surface area contributed by atoms with Crippen LogP contribution in [0.1, 0.15) is 27.4 Å². The zero-order valence-corrected chi connectivity index (χ0v) is 17.1. The van der Waals surface area contributed by atoms with Crippen LogP contribution in [0.5, 0.6) is 11.5 Å². The van der Waals surface area contributed by atoms with Crippen molar-refractivity contribution in [2.45, 2.75) is 5.92 Å². The van der Waals surface area contributed by atoms with Crippen molar-refractivity contribution in [3.05, 3.63) is 101 Å². The Kier molecular flexibility index (Phi) is 4.93. The lowest BCUT2D eigenvalue weighted by molar-refractivity contribution is -0.116. The molecule has 1 aliphatic rings. The highest BCUT2D eigenvalue weighted by Gasteiger charge is 2.32. The first-order valence-corrected chi connectivity index (χ1v) is 10.5. The minimum atomic E-state index is -0.492. The third-order valence-corrected chi connectivity index (χ3v) is 5.70. The summed E-state index contributed by atoms with van der Waals surface area (Å²) in [5.41, 5.74) is 2.73. The second kappa shape index (κ2) is 8.04. The van der Waals surface area contributed by atoms with Crippen molar-refractivity contribution in [1.29, 1.82) is 0 Å². The standard InChI is InChI=1S/C24H17N3O3S/c28-22(27-24-25-13-14-31-24)15-9-11-16(12-10-15)26-23(29)21-17-5-1-3-7-19(17)30-20-8-4-2-6-18(20)21/h1-14,21H,(H,26,29)(H,25,27,28). The summed E-state index contributed by atoms with van der Waals surface area (Å²) in [4.78, 5) is 29.6. The van der Waals surface area contributed by atoms with E-state index in [-0.39, 0.29) is 11.8 Å². The van der Waals surface area contributed by atoms with E-state index in [1.165, 1.54) is 11.3 Å². The zero-order chi connectivity index (χ0) is 21.2. The van der Waals surface area contributed by atoms with Gasteiger partial charge in [0.05, 0.1) is 5.92 Å². The molecule has 0 saturated heterocycles. The molecule has 5 rings (SSSR count). The highest BCUT2D eigenvalue weighted by Crippen LogP contribution is 2.44. The van der Waals surface area contributed by atoms with Crippen LogP contribution in [0.15, 0.2) is 84.4 Å². The molecular weight excluding hydrogens is 410 g/mol. The minimum absolute atomic E-state index is 0.164. The molecule has 0 atom stereocenters. The first-order valence-electron chi connectivity index (χ1n) is 9.66. The van der Waals surface area contributed by atoms with E-state index in [0.29, 0.717) is 27.9 Å². The second-order valence-electron chi connectivity index (χ2n) is 6.97. The first-order chi connectivity index (χ1) is 15.2. The molecule has 6 nitrogen and oxygen atoms in total. The van der Waals surface area contributed by atoms with Gasteiger partial charge in [0, 0.05) is 34.0 Å². The summed E-state index contributed by atoms with van der Waals surface area (Å²) in [7, 11) is 0. The molecular formula is C24H17N3O3S. The lowest BCUT2D eigenvalue weighted by atomic mass is 9.87. The predicted octanol–water partition coefficient (Wildman–Crippen LogP) is 5.27. The van der Waals surface area contributed by atoms with Crippen molar-refractivity contribution in [1.82, 2.24) is 4.98 Å². The smallest absolute Gasteiger partial charge is 0.257 e. The average molecular weight is 427 g/mol. The number of hydrogen-bond acceptors (Lipinski definition) is 5. The largest absolute Gasteiger partial charge is 0.457 e. The molecule has 4 aromatic rings. The molecule has 0 radical (unpaired) electrons. The van der Waals surface area contributed by atoms with E-state index < -0.39 is 5.92 Å². The average Bonchev–Trinajstić information content (AvgIpc) is 3.30. The van der Waals surface area contributed by atoms with Crippen LogP contribution in [-0.2, 0) is 4.79 Å². The second-order valence-corrected chi connectivity index (χ2v) is 7.86. The van der Waals surface area contributed by atoms with Gasteiger partial charge in [-0.15, -0.1) is 11.3 Å². The Morgan fingerprint density at radius 2 is 1.48 bits per heavy atom. The monoisotopic (exact) mass is 427 g/mol. The Morgan fingerprint density at radius 1 is 0.839 bits per heavy atom. The topological polar surface area (TPSA) is 80.3 Å². The zero-order valence-electron chi connectivity index (χ0n) is 16.2. The van der Waals surface area contributed by atoms with E-state index >= 15 is 0 Å². The molecule has 1 aromatic heterocycles. The molecule has 0 saturated carbocycles. The Morgan fingerprint density at radius 3 is 2.10 bits per heavy atom. The molecule has 2 N–H and O–H groups in total. The molecule has 152 valence electrons. The molecule has 2 amide bonds. The summed E-state index contributed by atoms with van der Waals surface area (Å²) in [6.45, 7) is 0. The number of rotatable bonds is 4. The van der Waals surface area contributed by atoms with Crippen LogP contribution in [0.4, 0.5) is 10.8 Å². The maximum absolute atomic E-state index is 13.3. The van der Waals surface area contributed by atoms with Gasteiger partial charge in [-0.1, -0.05) is 36.4 Å². The Balaban J connectivity index is 1.36. The van der Waals surface area contributed by atoms with E-state index in [1.54, 1.807) is 35.8 Å². The number of fused-ring (bicyclic) bond motifs is 2. The summed E-state index contributed by atoms with van der Waals surface area (Å²) >= 11 is 1.35. The van der Waals surface area contributed by atoms with Gasteiger partial charge in [-0.2, -0.15) is 0 Å². The SMILES string of the molecule is O=C(Nc1nccs1)c1ccc(NC(=O)C2c3ccccc3Oc3ccccc32)cc1. The first kappa shape index (κ1) is 19.0. The van der Waals surface area contributed by atoms with Gasteiger partial charge in [-0.3, -0.25) is 14.9 Å². The molecule has 0 unspecified atom stereocenters. The fraction of sp³-hybridized carbons (Fsp3) is 0.0417. The number of nitrogens with zero attached hydrogens (tertiary/aromatic N) is 1. The van der Waals surface area contributed by atoms with Crippen LogP contribution in [0, 0.1) is 0 Å². The maximum atomic E-state index is 13.3. The number of aromatic nitrogens is 1. The number of para-hydroxylation sites is 2. The van der Waals surface area contributed by atoms with Gasteiger partial charge in [0.2, 0.25) is 5.91 Å². The number of nitrogens with one attached hydrogen (secondary N) is 2. The number of carbonyl (C=O) groups excluding carboxylic acids is 2. The fourth-order valence-corrected chi connectivity index (χ4v) is 4.09. The number of benzene rings is 3. The van der Waals surface area contributed by atoms with E-state index in [9.17, 15) is 9.59 Å². The molecule has 0 bridgehead atoms. The van der Waals surface area contributed by atoms with Crippen LogP contribution < -0.4 is 15.4 Å². The van der Waals surface area contributed by atoms with Gasteiger partial charge in [0.1, 0.15) is 11.5 Å². The number of ether oxygens (including phenoxy) is 1. The molecule has 0 fully saturated rings. The van der Waals surface area contributed by atoms with Gasteiger partial charge in [-0.25, -0.2) is 4.98 Å². The van der Waals surface area contributed by atoms with Gasteiger partial charge >= 0.3 is 0 Å². The molecule has 2 heterocycles. The van der Waals surface area contributed by atoms with Crippen LogP contribution >= 0.6 is 11.3 Å². The van der Waals surface area contributed by atoms with Crippen LogP contribution in [-0.4, -0.2) is 16.8 Å². The Hall–Kier alpha value is -3.97. The quantitative estimate of drug-likeness (QED) is 0.465. The van der Waals surface area contributed by atoms with Crippen molar-refractivity contribution < 1.29 is 14.3 Å². The van der Waals surface area contributed by atoms with Gasteiger partial charge < -0.3 is 10.1 Å². The van der Waals surface area contributed by atoms with E-state index in [1.807, 2.05) is 48.5 Å². The summed E-state index contributed by atoms with van der Waals surface area (Å²) in [5, 5.41) is 8.04. The molecule has 0 spiro atoms. The number of hydrogen-bond donors (Lipinski definition) is 2. The lowest BCUT2D eigenvalue weighted by Crippen LogP contribution is -2.25. The summed E-state index contributed by atoms with van der Waals surface area (Å²) in [6, 6.07) is 21.9. The molecule has 0 aliphatic carbocycles. The van der Waals surface area contributed by atoms with Crippen molar-refractivity contribution in [2.24, 2.45) is 0 Å². The molecule has 7 heteroatoms. The van der Waals surface area contributed by atoms with Crippen molar-refractivity contribution in [3.8, 4) is 11.5 Å². The third kappa shape index (κ3) is 3.78. The Labute approximate surface area is 182 Å².